The summed E-state index contributed by atoms with van der Waals surface area (Å²) in [4.78, 5) is 16.5. The van der Waals surface area contributed by atoms with Crippen molar-refractivity contribution in [2.45, 2.75) is 6.54 Å². The van der Waals surface area contributed by atoms with Crippen molar-refractivity contribution in [2.75, 3.05) is 32.8 Å². The number of rotatable bonds is 5. The van der Waals surface area contributed by atoms with Gasteiger partial charge >= 0.3 is 0 Å². The first kappa shape index (κ1) is 22.3. The van der Waals surface area contributed by atoms with E-state index in [1.54, 1.807) is 12.1 Å². The van der Waals surface area contributed by atoms with Crippen LogP contribution in [0.15, 0.2) is 46.9 Å². The number of piperazine rings is 1. The Labute approximate surface area is 183 Å². The molecule has 0 bridgehead atoms. The average molecular weight is 495 g/mol. The lowest BCUT2D eigenvalue weighted by atomic mass is 10.2. The van der Waals surface area contributed by atoms with Gasteiger partial charge in [-0.3, -0.25) is 9.69 Å². The van der Waals surface area contributed by atoms with Crippen LogP contribution in [0.4, 0.5) is 0 Å². The van der Waals surface area contributed by atoms with Gasteiger partial charge in [0.1, 0.15) is 5.75 Å². The minimum atomic E-state index is -0.0184. The second-order valence-corrected chi connectivity index (χ2v) is 7.91. The third kappa shape index (κ3) is 6.54. The summed E-state index contributed by atoms with van der Waals surface area (Å²) in [5.41, 5.74) is 1.22. The SMILES string of the molecule is Cl.O=C(COc1ccc(Br)cc1Cl)N1CCN(Cc2ccc(Cl)cc2)CC1. The van der Waals surface area contributed by atoms with Gasteiger partial charge in [-0.15, -0.1) is 12.4 Å². The highest BCUT2D eigenvalue weighted by Gasteiger charge is 2.21. The van der Waals surface area contributed by atoms with E-state index in [2.05, 4.69) is 20.8 Å². The minimum Gasteiger partial charge on any atom is -0.482 e. The van der Waals surface area contributed by atoms with Gasteiger partial charge in [0.2, 0.25) is 0 Å². The molecule has 1 heterocycles. The van der Waals surface area contributed by atoms with Gasteiger partial charge in [-0.25, -0.2) is 0 Å². The lowest BCUT2D eigenvalue weighted by Gasteiger charge is -2.34. The van der Waals surface area contributed by atoms with E-state index < -0.39 is 0 Å². The summed E-state index contributed by atoms with van der Waals surface area (Å²) in [6.07, 6.45) is 0. The Morgan fingerprint density at radius 3 is 2.33 bits per heavy atom. The summed E-state index contributed by atoms with van der Waals surface area (Å²) in [6.45, 7) is 3.94. The fourth-order valence-electron chi connectivity index (χ4n) is 2.83. The van der Waals surface area contributed by atoms with E-state index in [1.807, 2.05) is 35.2 Å². The van der Waals surface area contributed by atoms with Crippen LogP contribution in [0, 0.1) is 0 Å². The average Bonchev–Trinajstić information content (AvgIpc) is 2.63. The van der Waals surface area contributed by atoms with E-state index in [9.17, 15) is 4.79 Å². The standard InChI is InChI=1S/C19H19BrCl2N2O2.ClH/c20-15-3-6-18(17(22)11-15)26-13-19(25)24-9-7-23(8-10-24)12-14-1-4-16(21)5-2-14;/h1-6,11H,7-10,12-13H2;1H. The van der Waals surface area contributed by atoms with Crippen molar-refractivity contribution in [1.82, 2.24) is 9.80 Å². The highest BCUT2D eigenvalue weighted by Crippen LogP contribution is 2.27. The molecule has 1 aliphatic rings. The number of amides is 1. The molecule has 0 unspecified atom stereocenters. The molecule has 2 aromatic carbocycles. The molecule has 4 nitrogen and oxygen atoms in total. The van der Waals surface area contributed by atoms with Gasteiger partial charge in [0.05, 0.1) is 5.02 Å². The number of carbonyl (C=O) groups excluding carboxylic acids is 1. The normalized spacial score (nSPS) is 14.6. The van der Waals surface area contributed by atoms with Gasteiger partial charge in [-0.2, -0.15) is 0 Å². The minimum absolute atomic E-state index is 0. The zero-order valence-electron chi connectivity index (χ0n) is 14.5. The zero-order valence-corrected chi connectivity index (χ0v) is 18.5. The van der Waals surface area contributed by atoms with E-state index >= 15 is 0 Å². The van der Waals surface area contributed by atoms with Crippen LogP contribution in [0.5, 0.6) is 5.75 Å². The van der Waals surface area contributed by atoms with E-state index in [0.717, 1.165) is 29.1 Å². The molecule has 146 valence electrons. The predicted octanol–water partition coefficient (Wildman–Crippen LogP) is 4.90. The maximum Gasteiger partial charge on any atom is 0.260 e. The molecule has 1 aliphatic heterocycles. The largest absolute Gasteiger partial charge is 0.482 e. The smallest absolute Gasteiger partial charge is 0.260 e. The summed E-state index contributed by atoms with van der Waals surface area (Å²) < 4.78 is 6.44. The third-order valence-corrected chi connectivity index (χ3v) is 5.33. The number of carbonyl (C=O) groups is 1. The van der Waals surface area contributed by atoms with Crippen LogP contribution in [0.2, 0.25) is 10.0 Å². The molecule has 0 aromatic heterocycles. The molecular formula is C19H20BrCl3N2O2. The van der Waals surface area contributed by atoms with Crippen LogP contribution in [-0.2, 0) is 11.3 Å². The monoisotopic (exact) mass is 492 g/mol. The molecule has 8 heteroatoms. The number of nitrogens with zero attached hydrogens (tertiary/aromatic N) is 2. The summed E-state index contributed by atoms with van der Waals surface area (Å²) >= 11 is 15.4. The maximum absolute atomic E-state index is 12.4. The van der Waals surface area contributed by atoms with Gasteiger partial charge in [0.25, 0.3) is 5.91 Å². The molecule has 27 heavy (non-hydrogen) atoms. The Hall–Kier alpha value is -0.980. The van der Waals surface area contributed by atoms with E-state index in [1.165, 1.54) is 5.56 Å². The van der Waals surface area contributed by atoms with Crippen molar-refractivity contribution in [3.63, 3.8) is 0 Å². The maximum atomic E-state index is 12.4. The first-order valence-corrected chi connectivity index (χ1v) is 9.88. The van der Waals surface area contributed by atoms with Gasteiger partial charge in [0.15, 0.2) is 6.61 Å². The molecule has 0 aliphatic carbocycles. The highest BCUT2D eigenvalue weighted by molar-refractivity contribution is 9.10. The molecule has 0 atom stereocenters. The predicted molar refractivity (Wildman–Crippen MR) is 115 cm³/mol. The number of hydrogen-bond acceptors (Lipinski definition) is 3. The highest BCUT2D eigenvalue weighted by atomic mass is 79.9. The first-order chi connectivity index (χ1) is 12.5. The molecule has 0 N–H and O–H groups in total. The Morgan fingerprint density at radius 1 is 1.04 bits per heavy atom. The Kier molecular flexibility index (Phi) is 8.70. The van der Waals surface area contributed by atoms with Crippen LogP contribution < -0.4 is 4.74 Å². The third-order valence-electron chi connectivity index (χ3n) is 4.29. The first-order valence-electron chi connectivity index (χ1n) is 8.34. The van der Waals surface area contributed by atoms with E-state index in [-0.39, 0.29) is 24.9 Å². The van der Waals surface area contributed by atoms with Crippen LogP contribution in [0.25, 0.3) is 0 Å². The summed E-state index contributed by atoms with van der Waals surface area (Å²) in [7, 11) is 0. The molecule has 3 rings (SSSR count). The zero-order chi connectivity index (χ0) is 18.5. The number of hydrogen-bond donors (Lipinski definition) is 0. The second-order valence-electron chi connectivity index (χ2n) is 6.15. The molecule has 1 amide bonds. The molecule has 0 saturated carbocycles. The molecule has 2 aromatic rings. The van der Waals surface area contributed by atoms with Crippen LogP contribution >= 0.6 is 51.5 Å². The molecule has 0 spiro atoms. The van der Waals surface area contributed by atoms with Gasteiger partial charge in [-0.05, 0) is 35.9 Å². The van der Waals surface area contributed by atoms with Crippen LogP contribution in [-0.4, -0.2) is 48.5 Å². The van der Waals surface area contributed by atoms with Crippen molar-refractivity contribution in [3.05, 3.63) is 62.5 Å². The van der Waals surface area contributed by atoms with Gasteiger partial charge in [0, 0.05) is 42.2 Å². The summed E-state index contributed by atoms with van der Waals surface area (Å²) in [6, 6.07) is 13.2. The lowest BCUT2D eigenvalue weighted by molar-refractivity contribution is -0.135. The molecular weight excluding hydrogens is 474 g/mol. The quantitative estimate of drug-likeness (QED) is 0.593. The van der Waals surface area contributed by atoms with E-state index in [4.69, 9.17) is 27.9 Å². The molecule has 0 radical (unpaired) electrons. The summed E-state index contributed by atoms with van der Waals surface area (Å²) in [5, 5.41) is 1.23. The molecule has 1 fully saturated rings. The Morgan fingerprint density at radius 2 is 1.70 bits per heavy atom. The molecule has 1 saturated heterocycles. The van der Waals surface area contributed by atoms with Crippen molar-refractivity contribution in [3.8, 4) is 5.75 Å². The van der Waals surface area contributed by atoms with Crippen molar-refractivity contribution in [1.29, 1.82) is 0 Å². The Bertz CT molecular complexity index is 766. The van der Waals surface area contributed by atoms with Crippen LogP contribution in [0.3, 0.4) is 0 Å². The number of ether oxygens (including phenoxy) is 1. The second kappa shape index (κ2) is 10.5. The fourth-order valence-corrected chi connectivity index (χ4v) is 3.68. The van der Waals surface area contributed by atoms with Gasteiger partial charge in [-0.1, -0.05) is 51.3 Å². The van der Waals surface area contributed by atoms with Crippen molar-refractivity contribution >= 4 is 57.4 Å². The number of halogens is 4. The Balaban J connectivity index is 0.00000261. The van der Waals surface area contributed by atoms with Crippen molar-refractivity contribution < 1.29 is 9.53 Å². The topological polar surface area (TPSA) is 32.8 Å². The van der Waals surface area contributed by atoms with E-state index in [0.29, 0.717) is 23.9 Å². The fraction of sp³-hybridized carbons (Fsp3) is 0.316. The van der Waals surface area contributed by atoms with Gasteiger partial charge < -0.3 is 9.64 Å². The number of benzene rings is 2. The van der Waals surface area contributed by atoms with Crippen LogP contribution in [0.1, 0.15) is 5.56 Å². The van der Waals surface area contributed by atoms with Crippen molar-refractivity contribution in [2.24, 2.45) is 0 Å². The lowest BCUT2D eigenvalue weighted by Crippen LogP contribution is -2.49. The summed E-state index contributed by atoms with van der Waals surface area (Å²) in [5.74, 6) is 0.500.